The Morgan fingerprint density at radius 2 is 2.00 bits per heavy atom. The van der Waals surface area contributed by atoms with Crippen molar-refractivity contribution in [1.29, 1.82) is 0 Å². The highest BCUT2D eigenvalue weighted by Gasteiger charge is 2.37. The second kappa shape index (κ2) is 11.5. The molecule has 0 saturated carbocycles. The maximum Gasteiger partial charge on any atom is 0.310 e. The molecule has 1 aromatic carbocycles. The van der Waals surface area contributed by atoms with E-state index in [9.17, 15) is 4.79 Å². The molecule has 1 fully saturated rings. The average Bonchev–Trinajstić information content (AvgIpc) is 3.05. The number of para-hydroxylation sites is 1. The molecule has 1 aromatic rings. The third-order valence-corrected chi connectivity index (χ3v) is 5.20. The van der Waals surface area contributed by atoms with Crippen molar-refractivity contribution in [1.82, 2.24) is 15.1 Å². The number of ether oxygens (including phenoxy) is 2. The van der Waals surface area contributed by atoms with E-state index in [4.69, 9.17) is 9.47 Å². The molecule has 0 spiro atoms. The molecule has 0 bridgehead atoms. The van der Waals surface area contributed by atoms with E-state index in [0.29, 0.717) is 13.1 Å². The highest BCUT2D eigenvalue weighted by atomic mass is 127. The van der Waals surface area contributed by atoms with Crippen molar-refractivity contribution < 1.29 is 14.3 Å². The van der Waals surface area contributed by atoms with Crippen molar-refractivity contribution >= 4 is 35.9 Å². The quantitative estimate of drug-likeness (QED) is 0.278. The number of likely N-dealkylation sites (tertiary alicyclic amines) is 1. The number of nitrogens with one attached hydrogen (secondary N) is 1. The van der Waals surface area contributed by atoms with Gasteiger partial charge in [-0.05, 0) is 26.1 Å². The lowest BCUT2D eigenvalue weighted by atomic mass is 9.99. The van der Waals surface area contributed by atoms with E-state index in [-0.39, 0.29) is 47.8 Å². The molecular weight excluding hydrogens is 471 g/mol. The van der Waals surface area contributed by atoms with Crippen LogP contribution in [0.2, 0.25) is 0 Å². The molecule has 3 unspecified atom stereocenters. The van der Waals surface area contributed by atoms with Crippen LogP contribution in [0.25, 0.3) is 0 Å². The Balaban J connectivity index is 0.00000392. The number of nitrogens with zero attached hydrogens (tertiary/aromatic N) is 3. The summed E-state index contributed by atoms with van der Waals surface area (Å²) in [6, 6.07) is 8.17. The Morgan fingerprint density at radius 3 is 2.57 bits per heavy atom. The molecule has 0 aliphatic carbocycles. The van der Waals surface area contributed by atoms with Gasteiger partial charge in [-0.25, -0.2) is 0 Å². The minimum atomic E-state index is -0.152. The van der Waals surface area contributed by atoms with Crippen molar-refractivity contribution in [2.45, 2.75) is 13.0 Å². The molecule has 1 aliphatic rings. The topological polar surface area (TPSA) is 66.4 Å². The fraction of sp³-hybridized carbons (Fsp3) is 0.600. The lowest BCUT2D eigenvalue weighted by Crippen LogP contribution is -2.44. The molecule has 0 amide bonds. The van der Waals surface area contributed by atoms with Crippen molar-refractivity contribution in [2.24, 2.45) is 16.8 Å². The van der Waals surface area contributed by atoms with Gasteiger partial charge in [-0.1, -0.05) is 25.1 Å². The van der Waals surface area contributed by atoms with Crippen molar-refractivity contribution in [3.8, 4) is 5.75 Å². The minimum absolute atomic E-state index is 0. The zero-order valence-electron chi connectivity index (χ0n) is 17.6. The number of halogens is 1. The van der Waals surface area contributed by atoms with Crippen LogP contribution in [0.5, 0.6) is 5.75 Å². The van der Waals surface area contributed by atoms with Gasteiger partial charge in [0.25, 0.3) is 0 Å². The summed E-state index contributed by atoms with van der Waals surface area (Å²) >= 11 is 0. The fourth-order valence-corrected chi connectivity index (χ4v) is 3.63. The largest absolute Gasteiger partial charge is 0.496 e. The van der Waals surface area contributed by atoms with Crippen LogP contribution < -0.4 is 10.1 Å². The Bertz CT molecular complexity index is 669. The summed E-state index contributed by atoms with van der Waals surface area (Å²) in [7, 11) is 9.00. The molecule has 0 aromatic heterocycles. The lowest BCUT2D eigenvalue weighted by molar-refractivity contribution is -0.145. The molecule has 1 aliphatic heterocycles. The molecule has 7 nitrogen and oxygen atoms in total. The Labute approximate surface area is 185 Å². The summed E-state index contributed by atoms with van der Waals surface area (Å²) in [5, 5.41) is 3.47. The third kappa shape index (κ3) is 5.73. The van der Waals surface area contributed by atoms with Crippen LogP contribution in [0.1, 0.15) is 18.5 Å². The summed E-state index contributed by atoms with van der Waals surface area (Å²) in [6.45, 7) is 4.15. The van der Waals surface area contributed by atoms with Gasteiger partial charge < -0.3 is 24.6 Å². The Hall–Kier alpha value is -1.55. The number of likely N-dealkylation sites (N-methyl/N-ethyl adjacent to an activating group) is 1. The zero-order chi connectivity index (χ0) is 20.0. The minimum Gasteiger partial charge on any atom is -0.496 e. The van der Waals surface area contributed by atoms with E-state index in [1.165, 1.54) is 7.11 Å². The molecular formula is C20H33IN4O3. The van der Waals surface area contributed by atoms with E-state index < -0.39 is 0 Å². The first kappa shape index (κ1) is 24.5. The standard InChI is InChI=1S/C20H32N4O3.HI/c1-14-12-24(13-16(14)19(25)27-6)20(21-2)22-11-17(23(3)4)15-9-7-8-10-18(15)26-5;/h7-10,14,16-17H,11-13H2,1-6H3,(H,21,22);1H. The summed E-state index contributed by atoms with van der Waals surface area (Å²) in [6.07, 6.45) is 0. The number of carbonyl (C=O) groups is 1. The van der Waals surface area contributed by atoms with Gasteiger partial charge in [0.05, 0.1) is 26.2 Å². The first-order valence-electron chi connectivity index (χ1n) is 9.25. The maximum atomic E-state index is 12.0. The van der Waals surface area contributed by atoms with Gasteiger partial charge in [0, 0.05) is 32.2 Å². The van der Waals surface area contributed by atoms with E-state index >= 15 is 0 Å². The van der Waals surface area contributed by atoms with Crippen LogP contribution in [-0.4, -0.2) is 76.7 Å². The molecule has 3 atom stereocenters. The molecule has 2 rings (SSSR count). The van der Waals surface area contributed by atoms with Gasteiger partial charge in [-0.15, -0.1) is 24.0 Å². The molecule has 1 saturated heterocycles. The van der Waals surface area contributed by atoms with E-state index in [1.54, 1.807) is 14.2 Å². The number of esters is 1. The third-order valence-electron chi connectivity index (χ3n) is 5.20. The summed E-state index contributed by atoms with van der Waals surface area (Å²) in [5.74, 6) is 1.63. The van der Waals surface area contributed by atoms with Crippen LogP contribution in [0.15, 0.2) is 29.3 Å². The molecule has 0 radical (unpaired) electrons. The number of aliphatic imine (C=N–C) groups is 1. The average molecular weight is 504 g/mol. The van der Waals surface area contributed by atoms with E-state index in [1.807, 2.05) is 32.3 Å². The van der Waals surface area contributed by atoms with Crippen LogP contribution in [0.3, 0.4) is 0 Å². The number of guanidine groups is 1. The predicted molar refractivity (Wildman–Crippen MR) is 122 cm³/mol. The highest BCUT2D eigenvalue weighted by Crippen LogP contribution is 2.28. The Kier molecular flexibility index (Phi) is 10.0. The number of benzene rings is 1. The molecule has 8 heteroatoms. The first-order chi connectivity index (χ1) is 12.9. The van der Waals surface area contributed by atoms with Crippen molar-refractivity contribution in [3.05, 3.63) is 29.8 Å². The summed E-state index contributed by atoms with van der Waals surface area (Å²) < 4.78 is 10.5. The maximum absolute atomic E-state index is 12.0. The fourth-order valence-electron chi connectivity index (χ4n) is 3.63. The number of methoxy groups -OCH3 is 2. The van der Waals surface area contributed by atoms with Gasteiger partial charge >= 0.3 is 5.97 Å². The zero-order valence-corrected chi connectivity index (χ0v) is 20.0. The van der Waals surface area contributed by atoms with Crippen molar-refractivity contribution in [2.75, 3.05) is 55.0 Å². The molecule has 1 N–H and O–H groups in total. The second-order valence-corrected chi connectivity index (χ2v) is 7.16. The van der Waals surface area contributed by atoms with Crippen LogP contribution in [0, 0.1) is 11.8 Å². The normalized spacial score (nSPS) is 20.5. The smallest absolute Gasteiger partial charge is 0.310 e. The number of hydrogen-bond acceptors (Lipinski definition) is 5. The number of rotatable bonds is 6. The van der Waals surface area contributed by atoms with E-state index in [2.05, 4.69) is 33.1 Å². The second-order valence-electron chi connectivity index (χ2n) is 7.16. The lowest BCUT2D eigenvalue weighted by Gasteiger charge is -2.29. The Morgan fingerprint density at radius 1 is 1.32 bits per heavy atom. The molecule has 28 heavy (non-hydrogen) atoms. The van der Waals surface area contributed by atoms with Gasteiger partial charge in [0.1, 0.15) is 5.75 Å². The van der Waals surface area contributed by atoms with E-state index in [0.717, 1.165) is 23.8 Å². The molecule has 1 heterocycles. The number of hydrogen-bond donors (Lipinski definition) is 1. The van der Waals surface area contributed by atoms with Crippen LogP contribution >= 0.6 is 24.0 Å². The van der Waals surface area contributed by atoms with Gasteiger partial charge in [0.2, 0.25) is 0 Å². The first-order valence-corrected chi connectivity index (χ1v) is 9.25. The van der Waals surface area contributed by atoms with Gasteiger partial charge in [-0.3, -0.25) is 9.79 Å². The summed E-state index contributed by atoms with van der Waals surface area (Å²) in [4.78, 5) is 20.7. The monoisotopic (exact) mass is 504 g/mol. The molecule has 158 valence electrons. The van der Waals surface area contributed by atoms with Crippen LogP contribution in [-0.2, 0) is 9.53 Å². The summed E-state index contributed by atoms with van der Waals surface area (Å²) in [5.41, 5.74) is 1.12. The van der Waals surface area contributed by atoms with Crippen molar-refractivity contribution in [3.63, 3.8) is 0 Å². The van der Waals surface area contributed by atoms with Gasteiger partial charge in [0.15, 0.2) is 5.96 Å². The predicted octanol–water partition coefficient (Wildman–Crippen LogP) is 2.23. The van der Waals surface area contributed by atoms with Gasteiger partial charge in [-0.2, -0.15) is 0 Å². The van der Waals surface area contributed by atoms with Crippen LogP contribution in [0.4, 0.5) is 0 Å². The highest BCUT2D eigenvalue weighted by molar-refractivity contribution is 14.0. The number of carbonyl (C=O) groups excluding carboxylic acids is 1. The SMILES string of the molecule is CN=C(NCC(c1ccccc1OC)N(C)C)N1CC(C)C(C(=O)OC)C1.I.